The minimum Gasteiger partial charge on any atom is -0.386 e. The Labute approximate surface area is 162 Å². The highest BCUT2D eigenvalue weighted by Crippen LogP contribution is 2.29. The molecule has 2 aromatic carbocycles. The van der Waals surface area contributed by atoms with E-state index in [0.717, 1.165) is 44.5 Å². The maximum Gasteiger partial charge on any atom is 0.346 e. The van der Waals surface area contributed by atoms with Crippen molar-refractivity contribution in [2.75, 3.05) is 0 Å². The van der Waals surface area contributed by atoms with Crippen LogP contribution in [0, 0.1) is 69.2 Å². The fourth-order valence-corrected chi connectivity index (χ4v) is 3.80. The van der Waals surface area contributed by atoms with Gasteiger partial charge in [0.05, 0.1) is 11.1 Å². The van der Waals surface area contributed by atoms with Crippen molar-refractivity contribution in [3.05, 3.63) is 66.8 Å². The molecule has 27 heavy (non-hydrogen) atoms. The first kappa shape index (κ1) is 20.9. The number of rotatable bonds is 2. The number of carbonyl (C=O) groups is 2. The van der Waals surface area contributed by atoms with Crippen LogP contribution in [-0.4, -0.2) is 11.9 Å². The van der Waals surface area contributed by atoms with E-state index in [9.17, 15) is 9.59 Å². The zero-order chi connectivity index (χ0) is 20.8. The summed E-state index contributed by atoms with van der Waals surface area (Å²) in [4.78, 5) is 25.8. The van der Waals surface area contributed by atoms with E-state index in [4.69, 9.17) is 4.74 Å². The average molecular weight is 367 g/mol. The van der Waals surface area contributed by atoms with Gasteiger partial charge in [-0.05, 0) is 125 Å². The van der Waals surface area contributed by atoms with E-state index in [2.05, 4.69) is 13.8 Å². The highest BCUT2D eigenvalue weighted by molar-refractivity contribution is 6.05. The second-order valence-electron chi connectivity index (χ2n) is 7.68. The molecular weight excluding hydrogens is 336 g/mol. The molecular formula is C24H30O3. The number of carbonyl (C=O) groups excluding carboxylic acids is 2. The minimum absolute atomic E-state index is 0.500. The minimum atomic E-state index is -0.573. The maximum absolute atomic E-state index is 12.9. The molecule has 0 aliphatic heterocycles. The van der Waals surface area contributed by atoms with Crippen LogP contribution in [0.25, 0.3) is 0 Å². The summed E-state index contributed by atoms with van der Waals surface area (Å²) in [5.74, 6) is -1.15. The van der Waals surface area contributed by atoms with E-state index in [-0.39, 0.29) is 0 Å². The van der Waals surface area contributed by atoms with Gasteiger partial charge in [0.25, 0.3) is 0 Å². The van der Waals surface area contributed by atoms with Gasteiger partial charge in [0.1, 0.15) is 0 Å². The second-order valence-corrected chi connectivity index (χ2v) is 7.68. The van der Waals surface area contributed by atoms with E-state index in [1.54, 1.807) is 0 Å². The van der Waals surface area contributed by atoms with Crippen LogP contribution in [0.4, 0.5) is 0 Å². The normalized spacial score (nSPS) is 10.9. The van der Waals surface area contributed by atoms with Crippen molar-refractivity contribution < 1.29 is 14.3 Å². The largest absolute Gasteiger partial charge is 0.386 e. The Morgan fingerprint density at radius 2 is 0.593 bits per heavy atom. The van der Waals surface area contributed by atoms with Crippen LogP contribution >= 0.6 is 0 Å². The van der Waals surface area contributed by atoms with Gasteiger partial charge >= 0.3 is 11.9 Å². The third-order valence-electron chi connectivity index (χ3n) is 6.59. The van der Waals surface area contributed by atoms with Crippen molar-refractivity contribution in [2.24, 2.45) is 0 Å². The molecule has 0 aromatic heterocycles. The van der Waals surface area contributed by atoms with Crippen molar-refractivity contribution >= 4 is 11.9 Å². The fourth-order valence-electron chi connectivity index (χ4n) is 3.80. The van der Waals surface area contributed by atoms with Crippen LogP contribution in [0.15, 0.2) is 0 Å². The molecule has 3 nitrogen and oxygen atoms in total. The number of benzene rings is 2. The Bertz CT molecular complexity index is 841. The first-order valence-corrected chi connectivity index (χ1v) is 9.32. The highest BCUT2D eigenvalue weighted by Gasteiger charge is 2.25. The highest BCUT2D eigenvalue weighted by atomic mass is 16.6. The molecule has 0 spiro atoms. The molecule has 0 aliphatic carbocycles. The molecule has 0 N–H and O–H groups in total. The molecule has 0 unspecified atom stereocenters. The molecule has 2 rings (SSSR count). The van der Waals surface area contributed by atoms with Crippen molar-refractivity contribution in [2.45, 2.75) is 69.2 Å². The zero-order valence-corrected chi connectivity index (χ0v) is 18.2. The molecule has 0 heterocycles. The summed E-state index contributed by atoms with van der Waals surface area (Å²) in [6.45, 7) is 19.7. The number of hydrogen-bond acceptors (Lipinski definition) is 3. The van der Waals surface area contributed by atoms with Gasteiger partial charge in [-0.25, -0.2) is 9.59 Å². The summed E-state index contributed by atoms with van der Waals surface area (Å²) >= 11 is 0. The third-order valence-corrected chi connectivity index (χ3v) is 6.59. The predicted octanol–water partition coefficient (Wildman–Crippen LogP) is 5.77. The van der Waals surface area contributed by atoms with Crippen molar-refractivity contribution in [3.8, 4) is 0 Å². The van der Waals surface area contributed by atoms with Gasteiger partial charge in [0.15, 0.2) is 0 Å². The average Bonchev–Trinajstić information content (AvgIpc) is 2.61. The van der Waals surface area contributed by atoms with Gasteiger partial charge in [-0.1, -0.05) is 0 Å². The van der Waals surface area contributed by atoms with Crippen molar-refractivity contribution in [1.82, 2.24) is 0 Å². The number of ether oxygens (including phenoxy) is 1. The van der Waals surface area contributed by atoms with E-state index in [1.807, 2.05) is 55.4 Å². The molecule has 0 bridgehead atoms. The molecule has 0 amide bonds. The monoisotopic (exact) mass is 366 g/mol. The lowest BCUT2D eigenvalue weighted by Gasteiger charge is -2.19. The molecule has 0 atom stereocenters. The molecule has 0 saturated heterocycles. The Hall–Kier alpha value is -2.42. The Balaban J connectivity index is 2.52. The van der Waals surface area contributed by atoms with Crippen molar-refractivity contribution in [1.29, 1.82) is 0 Å². The summed E-state index contributed by atoms with van der Waals surface area (Å²) in [5, 5.41) is 0. The summed E-state index contributed by atoms with van der Waals surface area (Å²) < 4.78 is 5.37. The lowest BCUT2D eigenvalue weighted by Crippen LogP contribution is -2.19. The van der Waals surface area contributed by atoms with Gasteiger partial charge in [0.2, 0.25) is 0 Å². The van der Waals surface area contributed by atoms with E-state index >= 15 is 0 Å². The topological polar surface area (TPSA) is 43.4 Å². The van der Waals surface area contributed by atoms with Gasteiger partial charge in [-0.15, -0.1) is 0 Å². The lowest BCUT2D eigenvalue weighted by atomic mass is 9.89. The molecule has 2 aromatic rings. The summed E-state index contributed by atoms with van der Waals surface area (Å²) in [6.07, 6.45) is 0. The van der Waals surface area contributed by atoms with E-state index in [0.29, 0.717) is 11.1 Å². The van der Waals surface area contributed by atoms with Crippen LogP contribution in [0.1, 0.15) is 76.4 Å². The molecule has 0 saturated carbocycles. The Morgan fingerprint density at radius 3 is 0.815 bits per heavy atom. The molecule has 0 radical (unpaired) electrons. The first-order valence-electron chi connectivity index (χ1n) is 9.32. The molecule has 144 valence electrons. The zero-order valence-electron chi connectivity index (χ0n) is 18.2. The smallest absolute Gasteiger partial charge is 0.346 e. The van der Waals surface area contributed by atoms with Crippen LogP contribution in [-0.2, 0) is 4.74 Å². The first-order chi connectivity index (χ1) is 12.4. The second kappa shape index (κ2) is 7.30. The van der Waals surface area contributed by atoms with E-state index in [1.165, 1.54) is 11.1 Å². The van der Waals surface area contributed by atoms with Gasteiger partial charge in [-0.2, -0.15) is 0 Å². The number of hydrogen-bond donors (Lipinski definition) is 0. The lowest BCUT2D eigenvalue weighted by molar-refractivity contribution is 0.0395. The van der Waals surface area contributed by atoms with E-state index < -0.39 is 11.9 Å². The standard InChI is InChI=1S/C24H30O3/c1-11-13(3)17(7)21(18(8)14(11)4)23(25)27-24(26)22-19(9)15(5)12(2)16(6)20(22)10/h1-10H3. The molecule has 3 heteroatoms. The van der Waals surface area contributed by atoms with Gasteiger partial charge < -0.3 is 4.74 Å². The third kappa shape index (κ3) is 3.31. The fraction of sp³-hybridized carbons (Fsp3) is 0.417. The Morgan fingerprint density at radius 1 is 0.407 bits per heavy atom. The van der Waals surface area contributed by atoms with Crippen LogP contribution < -0.4 is 0 Å². The maximum atomic E-state index is 12.9. The van der Waals surface area contributed by atoms with Crippen molar-refractivity contribution in [3.63, 3.8) is 0 Å². The number of esters is 2. The van der Waals surface area contributed by atoms with Crippen LogP contribution in [0.5, 0.6) is 0 Å². The SMILES string of the molecule is Cc1c(C)c(C)c(C(=O)OC(=O)c2c(C)c(C)c(C)c(C)c2C)c(C)c1C. The Kier molecular flexibility index (Phi) is 5.65. The quantitative estimate of drug-likeness (QED) is 0.501. The summed E-state index contributed by atoms with van der Waals surface area (Å²) in [7, 11) is 0. The van der Waals surface area contributed by atoms with Crippen LogP contribution in [0.3, 0.4) is 0 Å². The predicted molar refractivity (Wildman–Crippen MR) is 110 cm³/mol. The molecule has 0 aliphatic rings. The summed E-state index contributed by atoms with van der Waals surface area (Å²) in [5.41, 5.74) is 11.1. The molecule has 0 fully saturated rings. The summed E-state index contributed by atoms with van der Waals surface area (Å²) in [6, 6.07) is 0. The van der Waals surface area contributed by atoms with Gasteiger partial charge in [-0.3, -0.25) is 0 Å². The van der Waals surface area contributed by atoms with Crippen LogP contribution in [0.2, 0.25) is 0 Å². The van der Waals surface area contributed by atoms with Gasteiger partial charge in [0, 0.05) is 0 Å².